The number of hydrogen-bond donors (Lipinski definition) is 4. The minimum absolute atomic E-state index is 0.0369. The van der Waals surface area contributed by atoms with Gasteiger partial charge in [0, 0.05) is 28.6 Å². The molecular weight excluding hydrogens is 493 g/mol. The summed E-state index contributed by atoms with van der Waals surface area (Å²) in [5.74, 6) is -1.18. The predicted molar refractivity (Wildman–Crippen MR) is 136 cm³/mol. The van der Waals surface area contributed by atoms with Crippen LogP contribution in [0.2, 0.25) is 0 Å². The maximum atomic E-state index is 15.0. The number of fused-ring (bicyclic) bond motifs is 5. The van der Waals surface area contributed by atoms with Crippen LogP contribution in [0.1, 0.15) is 72.5 Å². The van der Waals surface area contributed by atoms with Crippen molar-refractivity contribution in [2.24, 2.45) is 0 Å². The first-order chi connectivity index (χ1) is 18.0. The summed E-state index contributed by atoms with van der Waals surface area (Å²) in [6.45, 7) is 5.03. The Bertz CT molecular complexity index is 1580. The molecule has 1 aromatic carbocycles. The molecule has 0 fully saturated rings. The normalized spacial score (nSPS) is 22.7. The number of ether oxygens (including phenoxy) is 1. The van der Waals surface area contributed by atoms with E-state index in [1.807, 2.05) is 0 Å². The number of carbonyl (C=O) groups is 1. The lowest BCUT2D eigenvalue weighted by atomic mass is 9.86. The molecule has 10 heteroatoms. The van der Waals surface area contributed by atoms with E-state index in [0.717, 1.165) is 22.1 Å². The summed E-state index contributed by atoms with van der Waals surface area (Å²) in [5, 5.41) is 35.5. The number of carbonyl (C=O) groups excluding carboxylic acids is 1. The fourth-order valence-electron chi connectivity index (χ4n) is 6.23. The van der Waals surface area contributed by atoms with E-state index in [1.54, 1.807) is 31.4 Å². The van der Waals surface area contributed by atoms with E-state index in [9.17, 15) is 29.3 Å². The number of esters is 1. The average molecular weight is 524 g/mol. The van der Waals surface area contributed by atoms with Gasteiger partial charge in [-0.1, -0.05) is 6.92 Å². The van der Waals surface area contributed by atoms with E-state index >= 15 is 0 Å². The number of pyridine rings is 2. The van der Waals surface area contributed by atoms with Gasteiger partial charge in [-0.05, 0) is 62.3 Å². The molecule has 3 aromatic rings. The second kappa shape index (κ2) is 8.67. The Hall–Kier alpha value is -3.18. The van der Waals surface area contributed by atoms with E-state index in [-0.39, 0.29) is 48.1 Å². The lowest BCUT2D eigenvalue weighted by Crippen LogP contribution is -2.44. The summed E-state index contributed by atoms with van der Waals surface area (Å²) < 4.78 is 21.7. The van der Waals surface area contributed by atoms with Gasteiger partial charge in [-0.2, -0.15) is 0 Å². The molecule has 4 N–H and O–H groups in total. The lowest BCUT2D eigenvalue weighted by Gasteiger charge is -2.31. The van der Waals surface area contributed by atoms with E-state index in [4.69, 9.17) is 9.72 Å². The number of nitrogens with zero attached hydrogens (tertiary/aromatic N) is 2. The molecule has 200 valence electrons. The zero-order valence-corrected chi connectivity index (χ0v) is 21.5. The standard InChI is InChI=1S/C28H30FN3O6/c1-4-28(37)17-8-21-25-15(10-32(21)26(35)16(17)11-38-27(28)36)24-19(30-22(34)6-5-12(2)33)7-14-13(3)18(29)9-20(31-25)23(14)24/h8-9,12,19,22,30,33-34,37H,4-7,10-11H2,1-3H3/t12?,19?,22?,28-/m0/s1. The zero-order chi connectivity index (χ0) is 27.1. The molecule has 3 aliphatic rings. The Kier molecular flexibility index (Phi) is 5.73. The molecule has 3 unspecified atom stereocenters. The molecule has 6 rings (SSSR count). The van der Waals surface area contributed by atoms with Crippen molar-refractivity contribution in [3.8, 4) is 11.4 Å². The molecule has 0 saturated carbocycles. The smallest absolute Gasteiger partial charge is 0.343 e. The number of aromatic nitrogens is 2. The van der Waals surface area contributed by atoms with Crippen molar-refractivity contribution < 1.29 is 29.2 Å². The Morgan fingerprint density at radius 1 is 1.24 bits per heavy atom. The van der Waals surface area contributed by atoms with Crippen LogP contribution in [0.4, 0.5) is 4.39 Å². The highest BCUT2D eigenvalue weighted by Gasteiger charge is 2.46. The molecule has 0 bridgehead atoms. The minimum Gasteiger partial charge on any atom is -0.458 e. The van der Waals surface area contributed by atoms with Gasteiger partial charge in [-0.25, -0.2) is 14.2 Å². The van der Waals surface area contributed by atoms with Gasteiger partial charge >= 0.3 is 5.97 Å². The van der Waals surface area contributed by atoms with Crippen molar-refractivity contribution in [3.63, 3.8) is 0 Å². The number of rotatable bonds is 6. The summed E-state index contributed by atoms with van der Waals surface area (Å²) >= 11 is 0. The van der Waals surface area contributed by atoms with Gasteiger partial charge in [0.2, 0.25) is 0 Å². The number of hydrogen-bond acceptors (Lipinski definition) is 8. The lowest BCUT2D eigenvalue weighted by molar-refractivity contribution is -0.172. The number of halogens is 1. The van der Waals surface area contributed by atoms with Gasteiger partial charge in [0.05, 0.1) is 35.1 Å². The topological polar surface area (TPSA) is 134 Å². The zero-order valence-electron chi connectivity index (χ0n) is 21.5. The Balaban J connectivity index is 1.55. The average Bonchev–Trinajstić information content (AvgIpc) is 3.43. The van der Waals surface area contributed by atoms with Crippen molar-refractivity contribution in [2.75, 3.05) is 0 Å². The van der Waals surface area contributed by atoms with Crippen LogP contribution in [-0.4, -0.2) is 43.2 Å². The quantitative estimate of drug-likeness (QED) is 0.223. The molecule has 1 aliphatic carbocycles. The van der Waals surface area contributed by atoms with Gasteiger partial charge in [0.1, 0.15) is 18.7 Å². The molecule has 2 aromatic heterocycles. The maximum absolute atomic E-state index is 15.0. The first-order valence-corrected chi connectivity index (χ1v) is 13.0. The summed E-state index contributed by atoms with van der Waals surface area (Å²) in [4.78, 5) is 30.9. The highest BCUT2D eigenvalue weighted by molar-refractivity contribution is 5.94. The van der Waals surface area contributed by atoms with E-state index < -0.39 is 23.9 Å². The fourth-order valence-corrected chi connectivity index (χ4v) is 6.23. The van der Waals surface area contributed by atoms with Crippen LogP contribution >= 0.6 is 0 Å². The number of benzene rings is 1. The molecule has 38 heavy (non-hydrogen) atoms. The SMILES string of the molecule is CC[C@@]1(O)C(=O)OCc2c1cc1n(c2=O)Cc2c-1nc1cc(F)c(C)c3c1c2C(NC(O)CCC(C)O)C3. The maximum Gasteiger partial charge on any atom is 0.343 e. The van der Waals surface area contributed by atoms with E-state index in [1.165, 1.54) is 6.07 Å². The third-order valence-electron chi connectivity index (χ3n) is 8.35. The number of nitrogens with one attached hydrogen (secondary N) is 1. The van der Waals surface area contributed by atoms with Gasteiger partial charge < -0.3 is 24.6 Å². The third kappa shape index (κ3) is 3.47. The highest BCUT2D eigenvalue weighted by atomic mass is 19.1. The van der Waals surface area contributed by atoms with Crippen LogP contribution in [0, 0.1) is 12.7 Å². The van der Waals surface area contributed by atoms with Gasteiger partial charge in [-0.15, -0.1) is 0 Å². The molecule has 0 spiro atoms. The number of aliphatic hydroxyl groups is 3. The Morgan fingerprint density at radius 2 is 2.00 bits per heavy atom. The van der Waals surface area contributed by atoms with E-state index in [2.05, 4.69) is 5.32 Å². The second-order valence-corrected chi connectivity index (χ2v) is 10.7. The molecule has 9 nitrogen and oxygen atoms in total. The minimum atomic E-state index is -1.94. The Labute approximate surface area is 217 Å². The van der Waals surface area contributed by atoms with Crippen LogP contribution in [0.25, 0.3) is 22.3 Å². The predicted octanol–water partition coefficient (Wildman–Crippen LogP) is 2.19. The fraction of sp³-hybridized carbons (Fsp3) is 0.464. The summed E-state index contributed by atoms with van der Waals surface area (Å²) in [6, 6.07) is 2.67. The molecule has 4 heterocycles. The first-order valence-electron chi connectivity index (χ1n) is 13.0. The molecule has 0 saturated heterocycles. The second-order valence-electron chi connectivity index (χ2n) is 10.7. The van der Waals surface area contributed by atoms with E-state index in [0.29, 0.717) is 41.7 Å². The van der Waals surface area contributed by atoms with Crippen molar-refractivity contribution in [2.45, 2.75) is 83.6 Å². The van der Waals surface area contributed by atoms with Crippen LogP contribution < -0.4 is 10.9 Å². The summed E-state index contributed by atoms with van der Waals surface area (Å²) in [6.07, 6.45) is -0.211. The number of aliphatic hydroxyl groups excluding tert-OH is 2. The van der Waals surface area contributed by atoms with Gasteiger partial charge in [0.15, 0.2) is 5.60 Å². The van der Waals surface area contributed by atoms with Crippen LogP contribution in [0.15, 0.2) is 16.9 Å². The van der Waals surface area contributed by atoms with Gasteiger partial charge in [-0.3, -0.25) is 10.1 Å². The van der Waals surface area contributed by atoms with Gasteiger partial charge in [0.25, 0.3) is 5.56 Å². The molecule has 0 amide bonds. The molecule has 0 radical (unpaired) electrons. The summed E-state index contributed by atoms with van der Waals surface area (Å²) in [7, 11) is 0. The Morgan fingerprint density at radius 3 is 2.71 bits per heavy atom. The van der Waals surface area contributed by atoms with Crippen molar-refractivity contribution >= 4 is 16.9 Å². The van der Waals surface area contributed by atoms with Crippen LogP contribution in [0.5, 0.6) is 0 Å². The van der Waals surface area contributed by atoms with Crippen molar-refractivity contribution in [3.05, 3.63) is 61.7 Å². The first kappa shape index (κ1) is 25.1. The van der Waals surface area contributed by atoms with Crippen molar-refractivity contribution in [1.82, 2.24) is 14.9 Å². The highest BCUT2D eigenvalue weighted by Crippen LogP contribution is 2.47. The largest absolute Gasteiger partial charge is 0.458 e. The summed E-state index contributed by atoms with van der Waals surface area (Å²) in [5.41, 5.74) is 2.52. The third-order valence-corrected chi connectivity index (χ3v) is 8.35. The van der Waals surface area contributed by atoms with Crippen LogP contribution in [0.3, 0.4) is 0 Å². The molecule has 4 atom stereocenters. The number of cyclic esters (lactones) is 1. The van der Waals surface area contributed by atoms with Crippen LogP contribution in [-0.2, 0) is 34.7 Å². The van der Waals surface area contributed by atoms with Crippen molar-refractivity contribution in [1.29, 1.82) is 0 Å². The molecule has 2 aliphatic heterocycles. The monoisotopic (exact) mass is 523 g/mol. The molecular formula is C28H30FN3O6.